The molecule has 1 aromatic heterocycles. The summed E-state index contributed by atoms with van der Waals surface area (Å²) in [6.45, 7) is 4.08. The molecule has 0 radical (unpaired) electrons. The smallest absolute Gasteiger partial charge is 0.358 e. The highest BCUT2D eigenvalue weighted by Gasteiger charge is 2.53. The lowest BCUT2D eigenvalue weighted by molar-refractivity contribution is -0.288. The zero-order valence-corrected chi connectivity index (χ0v) is 20.8. The van der Waals surface area contributed by atoms with Crippen LogP contribution in [0.2, 0.25) is 0 Å². The van der Waals surface area contributed by atoms with Crippen LogP contribution in [0, 0.1) is 0 Å². The minimum absolute atomic E-state index is 0.00310. The maximum Gasteiger partial charge on any atom is 0.358 e. The van der Waals surface area contributed by atoms with Crippen molar-refractivity contribution in [2.24, 2.45) is 0 Å². The topological polar surface area (TPSA) is 166 Å². The third-order valence-corrected chi connectivity index (χ3v) is 5.23. The standard InChI is InChI=1S/C24H27NO12/c1-11(26)32-10-17-20(33-12(2)27)21(34-13(3)28)22(35-14(4)29)24(36-17)37-19-15-8-6-7-9-16(15)25-18(19)23(30)31-5/h6-9,17,20-22,24-25H,10H2,1-5H3/t17-,20?,21+,22-,24?/m1/s1. The van der Waals surface area contributed by atoms with Crippen LogP contribution in [0.15, 0.2) is 24.3 Å². The maximum absolute atomic E-state index is 12.5. The molecule has 0 spiro atoms. The zero-order valence-electron chi connectivity index (χ0n) is 20.8. The third kappa shape index (κ3) is 6.55. The molecule has 0 saturated carbocycles. The summed E-state index contributed by atoms with van der Waals surface area (Å²) in [6.07, 6.45) is -6.94. The molecule has 1 aliphatic rings. The molecule has 2 unspecified atom stereocenters. The Hall–Kier alpha value is -4.13. The van der Waals surface area contributed by atoms with Gasteiger partial charge in [-0.05, 0) is 12.1 Å². The van der Waals surface area contributed by atoms with E-state index >= 15 is 0 Å². The number of carbonyl (C=O) groups excluding carboxylic acids is 5. The van der Waals surface area contributed by atoms with Crippen LogP contribution < -0.4 is 4.74 Å². The van der Waals surface area contributed by atoms with E-state index in [9.17, 15) is 24.0 Å². The van der Waals surface area contributed by atoms with Crippen LogP contribution in [0.25, 0.3) is 10.9 Å². The van der Waals surface area contributed by atoms with Crippen LogP contribution in [-0.2, 0) is 47.6 Å². The Morgan fingerprint density at radius 3 is 2.03 bits per heavy atom. The molecule has 1 fully saturated rings. The Kier molecular flexibility index (Phi) is 8.71. The highest BCUT2D eigenvalue weighted by molar-refractivity contribution is 6.00. The lowest BCUT2D eigenvalue weighted by Gasteiger charge is -2.43. The Labute approximate surface area is 211 Å². The van der Waals surface area contributed by atoms with E-state index in [0.717, 1.165) is 27.7 Å². The molecule has 0 aliphatic carbocycles. The Balaban J connectivity index is 2.11. The highest BCUT2D eigenvalue weighted by atomic mass is 16.7. The van der Waals surface area contributed by atoms with Crippen molar-refractivity contribution in [2.45, 2.75) is 58.4 Å². The molecule has 2 heterocycles. The van der Waals surface area contributed by atoms with E-state index in [-0.39, 0.29) is 11.4 Å². The van der Waals surface area contributed by atoms with Crippen molar-refractivity contribution in [3.8, 4) is 5.75 Å². The minimum atomic E-state index is -1.51. The van der Waals surface area contributed by atoms with E-state index in [4.69, 9.17) is 33.2 Å². The lowest BCUT2D eigenvalue weighted by atomic mass is 9.98. The van der Waals surface area contributed by atoms with Crippen LogP contribution in [0.4, 0.5) is 0 Å². The number of para-hydroxylation sites is 1. The summed E-state index contributed by atoms with van der Waals surface area (Å²) in [6, 6.07) is 6.80. The summed E-state index contributed by atoms with van der Waals surface area (Å²) in [4.78, 5) is 62.8. The van der Waals surface area contributed by atoms with E-state index in [1.807, 2.05) is 0 Å². The molecule has 0 amide bonds. The lowest BCUT2D eigenvalue weighted by Crippen LogP contribution is -2.63. The van der Waals surface area contributed by atoms with Gasteiger partial charge in [-0.3, -0.25) is 19.2 Å². The quantitative estimate of drug-likeness (QED) is 0.393. The number of aromatic amines is 1. The number of aromatic nitrogens is 1. The molecule has 200 valence electrons. The van der Waals surface area contributed by atoms with Crippen molar-refractivity contribution < 1.29 is 57.1 Å². The largest absolute Gasteiger partial charge is 0.464 e. The summed E-state index contributed by atoms with van der Waals surface area (Å²) in [5, 5.41) is 0.468. The number of H-pyrrole nitrogens is 1. The number of fused-ring (bicyclic) bond motifs is 1. The predicted octanol–water partition coefficient (Wildman–Crippen LogP) is 1.42. The second-order valence-electron chi connectivity index (χ2n) is 8.05. The summed E-state index contributed by atoms with van der Waals surface area (Å²) in [5.41, 5.74) is 0.472. The van der Waals surface area contributed by atoms with Gasteiger partial charge in [-0.2, -0.15) is 0 Å². The van der Waals surface area contributed by atoms with E-state index in [1.54, 1.807) is 24.3 Å². The molecule has 1 aliphatic heterocycles. The number of carbonyl (C=O) groups is 5. The van der Waals surface area contributed by atoms with E-state index in [1.165, 1.54) is 7.11 Å². The number of benzene rings is 1. The molecule has 1 saturated heterocycles. The first-order valence-corrected chi connectivity index (χ1v) is 11.2. The molecule has 37 heavy (non-hydrogen) atoms. The monoisotopic (exact) mass is 521 g/mol. The van der Waals surface area contributed by atoms with Crippen LogP contribution in [0.5, 0.6) is 5.75 Å². The number of hydrogen-bond donors (Lipinski definition) is 1. The van der Waals surface area contributed by atoms with Crippen molar-refractivity contribution in [3.05, 3.63) is 30.0 Å². The van der Waals surface area contributed by atoms with Gasteiger partial charge in [-0.15, -0.1) is 0 Å². The van der Waals surface area contributed by atoms with Crippen molar-refractivity contribution in [1.82, 2.24) is 4.98 Å². The molecule has 0 bridgehead atoms. The average Bonchev–Trinajstić information content (AvgIpc) is 3.18. The number of rotatable bonds is 8. The van der Waals surface area contributed by atoms with Gasteiger partial charge in [0, 0.05) is 38.6 Å². The van der Waals surface area contributed by atoms with E-state index in [0.29, 0.717) is 10.9 Å². The molecule has 2 aromatic rings. The maximum atomic E-state index is 12.5. The van der Waals surface area contributed by atoms with Gasteiger partial charge in [0.15, 0.2) is 23.7 Å². The molecular formula is C24H27NO12. The van der Waals surface area contributed by atoms with Gasteiger partial charge in [0.05, 0.1) is 7.11 Å². The van der Waals surface area contributed by atoms with E-state index in [2.05, 4.69) is 4.98 Å². The van der Waals surface area contributed by atoms with Crippen molar-refractivity contribution in [2.75, 3.05) is 13.7 Å². The highest BCUT2D eigenvalue weighted by Crippen LogP contribution is 2.36. The van der Waals surface area contributed by atoms with Gasteiger partial charge in [0.1, 0.15) is 12.7 Å². The molecule has 1 aromatic carbocycles. The van der Waals surface area contributed by atoms with Crippen LogP contribution >= 0.6 is 0 Å². The van der Waals surface area contributed by atoms with Gasteiger partial charge < -0.3 is 38.1 Å². The van der Waals surface area contributed by atoms with Crippen molar-refractivity contribution in [1.29, 1.82) is 0 Å². The van der Waals surface area contributed by atoms with Gasteiger partial charge in [0.25, 0.3) is 0 Å². The zero-order chi connectivity index (χ0) is 27.3. The Morgan fingerprint density at radius 2 is 1.43 bits per heavy atom. The van der Waals surface area contributed by atoms with Crippen LogP contribution in [0.3, 0.4) is 0 Å². The number of esters is 5. The first kappa shape index (κ1) is 27.5. The fourth-order valence-electron chi connectivity index (χ4n) is 3.88. The summed E-state index contributed by atoms with van der Waals surface area (Å²) in [7, 11) is 1.19. The van der Waals surface area contributed by atoms with Gasteiger partial charge >= 0.3 is 29.8 Å². The fraction of sp³-hybridized carbons (Fsp3) is 0.458. The second-order valence-corrected chi connectivity index (χ2v) is 8.05. The molecule has 13 heteroatoms. The van der Waals surface area contributed by atoms with Crippen molar-refractivity contribution >= 4 is 40.7 Å². The first-order valence-electron chi connectivity index (χ1n) is 11.2. The first-order chi connectivity index (χ1) is 17.5. The Morgan fingerprint density at radius 1 is 0.838 bits per heavy atom. The summed E-state index contributed by atoms with van der Waals surface area (Å²) >= 11 is 0. The number of ether oxygens (including phenoxy) is 7. The normalized spacial score (nSPS) is 23.0. The molecule has 5 atom stereocenters. The van der Waals surface area contributed by atoms with Crippen LogP contribution in [0.1, 0.15) is 38.2 Å². The van der Waals surface area contributed by atoms with Crippen LogP contribution in [-0.4, -0.2) is 79.3 Å². The molecule has 1 N–H and O–H groups in total. The van der Waals surface area contributed by atoms with E-state index < -0.39 is 67.2 Å². The van der Waals surface area contributed by atoms with Gasteiger partial charge in [0.2, 0.25) is 12.4 Å². The van der Waals surface area contributed by atoms with Crippen molar-refractivity contribution in [3.63, 3.8) is 0 Å². The SMILES string of the molecule is COC(=O)c1[nH]c2ccccc2c1OC1O[C@H](COC(C)=O)C(OC(C)=O)[C@H](OC(C)=O)[C@H]1OC(C)=O. The number of hydrogen-bond acceptors (Lipinski definition) is 12. The Bertz CT molecular complexity index is 1190. The average molecular weight is 521 g/mol. The number of nitrogens with one attached hydrogen (secondary N) is 1. The van der Waals surface area contributed by atoms with Gasteiger partial charge in [-0.1, -0.05) is 12.1 Å². The molecule has 3 rings (SSSR count). The molecular weight excluding hydrogens is 494 g/mol. The predicted molar refractivity (Wildman–Crippen MR) is 122 cm³/mol. The summed E-state index contributed by atoms with van der Waals surface area (Å²) < 4.78 is 38.1. The molecule has 13 nitrogen and oxygen atoms in total. The third-order valence-electron chi connectivity index (χ3n) is 5.23. The second kappa shape index (κ2) is 11.7. The number of methoxy groups -OCH3 is 1. The minimum Gasteiger partial charge on any atom is -0.464 e. The van der Waals surface area contributed by atoms with Gasteiger partial charge in [-0.25, -0.2) is 4.79 Å². The fourth-order valence-corrected chi connectivity index (χ4v) is 3.88. The summed E-state index contributed by atoms with van der Waals surface area (Å²) in [5.74, 6) is -3.73.